The summed E-state index contributed by atoms with van der Waals surface area (Å²) < 4.78 is 18.4. The number of phenolic OH excluding ortho intramolecular Hbond substituents is 1. The number of piperidine rings is 1. The second kappa shape index (κ2) is 25.3. The molecule has 6 rings (SSSR count). The molecule has 69 heavy (non-hydrogen) atoms. The van der Waals surface area contributed by atoms with Gasteiger partial charge < -0.3 is 44.1 Å². The first kappa shape index (κ1) is 52.7. The van der Waals surface area contributed by atoms with Crippen LogP contribution in [0.5, 0.6) is 5.75 Å². The van der Waals surface area contributed by atoms with Crippen molar-refractivity contribution >= 4 is 59.7 Å². The van der Waals surface area contributed by atoms with Gasteiger partial charge in [-0.05, 0) is 91.6 Å². The molecule has 14 nitrogen and oxygen atoms in total. The number of ether oxygens (including phenoxy) is 1. The number of fused-ring (bicyclic) bond motifs is 1. The number of hydrogen-bond donors (Lipinski definition) is 5. The van der Waals surface area contributed by atoms with E-state index in [1.165, 1.54) is 6.07 Å². The molecule has 1 aliphatic heterocycles. The molecule has 0 bridgehead atoms. The van der Waals surface area contributed by atoms with Crippen LogP contribution in [0.25, 0.3) is 22.0 Å². The third kappa shape index (κ3) is 14.5. The van der Waals surface area contributed by atoms with Gasteiger partial charge in [0.15, 0.2) is 19.5 Å². The minimum absolute atomic E-state index is 0.0230. The topological polar surface area (TPSA) is 175 Å². The normalized spacial score (nSPS) is 14.7. The number of likely N-dealkylation sites (tertiary alicyclic amines) is 1. The Morgan fingerprint density at radius 1 is 0.870 bits per heavy atom. The van der Waals surface area contributed by atoms with Crippen LogP contribution >= 0.6 is 0 Å². The van der Waals surface area contributed by atoms with Crippen molar-refractivity contribution in [3.63, 3.8) is 0 Å². The van der Waals surface area contributed by atoms with Crippen LogP contribution in [-0.2, 0) is 29.7 Å². The highest BCUT2D eigenvalue weighted by molar-refractivity contribution is 6.26. The molecule has 1 atom stereocenters. The van der Waals surface area contributed by atoms with Crippen LogP contribution in [0.15, 0.2) is 95.8 Å². The smallest absolute Gasteiger partial charge is 0.411 e. The van der Waals surface area contributed by atoms with Gasteiger partial charge in [-0.1, -0.05) is 87.6 Å². The van der Waals surface area contributed by atoms with E-state index in [-0.39, 0.29) is 41.4 Å². The van der Waals surface area contributed by atoms with Gasteiger partial charge in [-0.2, -0.15) is 0 Å². The van der Waals surface area contributed by atoms with Crippen LogP contribution in [-0.4, -0.2) is 109 Å². The number of benzene rings is 4. The van der Waals surface area contributed by atoms with Crippen molar-refractivity contribution < 1.29 is 33.1 Å². The number of rotatable bonds is 23. The number of aromatic amines is 1. The minimum atomic E-state index is -0.780. The number of aromatic nitrogens is 1. The number of pyridine rings is 1. The summed E-state index contributed by atoms with van der Waals surface area (Å²) in [6.07, 6.45) is 2.52. The fourth-order valence-corrected chi connectivity index (χ4v) is 11.1. The van der Waals surface area contributed by atoms with Gasteiger partial charge in [0.05, 0.1) is 11.2 Å². The maximum Gasteiger partial charge on any atom is 0.411 e. The average molecular weight is 977 g/mol. The Kier molecular flexibility index (Phi) is 19.3. The van der Waals surface area contributed by atoms with Gasteiger partial charge in [0.2, 0.25) is 17.4 Å². The van der Waals surface area contributed by atoms with Crippen molar-refractivity contribution in [2.24, 2.45) is 5.41 Å². The van der Waals surface area contributed by atoms with Crippen LogP contribution < -0.4 is 21.5 Å². The molecular formula is C53H72N6O8Si2. The molecule has 1 saturated heterocycles. The van der Waals surface area contributed by atoms with Crippen molar-refractivity contribution in [2.45, 2.75) is 104 Å². The van der Waals surface area contributed by atoms with Crippen molar-refractivity contribution in [1.29, 1.82) is 0 Å². The predicted molar refractivity (Wildman–Crippen MR) is 281 cm³/mol. The Labute approximate surface area is 411 Å². The number of unbranched alkanes of at least 4 members (excludes halogenated alkanes) is 1. The van der Waals surface area contributed by atoms with E-state index in [9.17, 15) is 24.3 Å². The number of anilines is 2. The third-order valence-electron chi connectivity index (χ3n) is 13.3. The molecule has 0 spiro atoms. The fourth-order valence-electron chi connectivity index (χ4n) is 9.25. The molecule has 5 aromatic rings. The lowest BCUT2D eigenvalue weighted by Crippen LogP contribution is -2.44. The first-order valence-corrected chi connectivity index (χ1v) is 28.4. The molecule has 1 unspecified atom stereocenters. The largest absolute Gasteiger partial charge is 0.506 e. The zero-order valence-electron chi connectivity index (χ0n) is 41.5. The van der Waals surface area contributed by atoms with E-state index >= 15 is 0 Å². The molecule has 4 aromatic carbocycles. The van der Waals surface area contributed by atoms with Gasteiger partial charge in [-0.25, -0.2) is 4.79 Å². The third-order valence-corrected chi connectivity index (χ3v) is 14.6. The lowest BCUT2D eigenvalue weighted by atomic mass is 9.73. The first-order valence-electron chi connectivity index (χ1n) is 24.5. The molecular weight excluding hydrogens is 905 g/mol. The summed E-state index contributed by atoms with van der Waals surface area (Å²) in [5, 5.41) is 21.2. The number of nitrogens with one attached hydrogen (secondary N) is 4. The maximum atomic E-state index is 13.1. The predicted octanol–water partition coefficient (Wildman–Crippen LogP) is 7.71. The highest BCUT2D eigenvalue weighted by Crippen LogP contribution is 2.43. The fraction of sp³-hybridized carbons (Fsp3) is 0.434. The van der Waals surface area contributed by atoms with Crippen LogP contribution in [0.2, 0.25) is 13.1 Å². The van der Waals surface area contributed by atoms with E-state index in [1.807, 2.05) is 87.6 Å². The molecule has 2 heterocycles. The Balaban J connectivity index is 0.915. The number of para-hydroxylation sites is 1. The van der Waals surface area contributed by atoms with Crippen molar-refractivity contribution in [2.75, 3.05) is 50.4 Å². The van der Waals surface area contributed by atoms with E-state index in [0.717, 1.165) is 57.5 Å². The molecule has 0 saturated carbocycles. The van der Waals surface area contributed by atoms with E-state index in [4.69, 9.17) is 13.6 Å². The Hall–Kier alpha value is -5.63. The zero-order chi connectivity index (χ0) is 49.5. The van der Waals surface area contributed by atoms with Gasteiger partial charge in [-0.15, -0.1) is 0 Å². The summed E-state index contributed by atoms with van der Waals surface area (Å²) in [6.45, 7) is 16.5. The molecule has 370 valence electrons. The SMILES string of the molecule is C[SiH2]OC(O[SiH2]C)C(C)(C)C(CNCc1cc(C)c(NC(=O)CCCCN(C)C(=O)CCN2CCC(OC(=O)Nc3ccccc3-c3ccccc3)CC2)cc1C)c1ccc(O)c2[nH]c(=O)ccc12. The molecule has 16 heteroatoms. The number of phenols is 1. The second-order valence-electron chi connectivity index (χ2n) is 18.7. The van der Waals surface area contributed by atoms with E-state index in [0.29, 0.717) is 75.9 Å². The van der Waals surface area contributed by atoms with E-state index in [2.05, 4.69) is 58.8 Å². The monoisotopic (exact) mass is 976 g/mol. The van der Waals surface area contributed by atoms with Crippen molar-refractivity contribution in [3.05, 3.63) is 124 Å². The maximum absolute atomic E-state index is 13.1. The minimum Gasteiger partial charge on any atom is -0.506 e. The summed E-state index contributed by atoms with van der Waals surface area (Å²) in [5.74, 6) is -0.0704. The van der Waals surface area contributed by atoms with Gasteiger partial charge >= 0.3 is 6.09 Å². The highest BCUT2D eigenvalue weighted by atomic mass is 28.2. The molecule has 0 radical (unpaired) electrons. The van der Waals surface area contributed by atoms with E-state index < -0.39 is 31.0 Å². The Morgan fingerprint density at radius 3 is 2.30 bits per heavy atom. The number of carbonyl (C=O) groups is 3. The molecule has 3 amide bonds. The highest BCUT2D eigenvalue weighted by Gasteiger charge is 2.40. The number of nitrogens with zero attached hydrogens (tertiary/aromatic N) is 2. The summed E-state index contributed by atoms with van der Waals surface area (Å²) in [6, 6.07) is 28.6. The number of amides is 3. The summed E-state index contributed by atoms with van der Waals surface area (Å²) >= 11 is 0. The molecule has 5 N–H and O–H groups in total. The first-order chi connectivity index (χ1) is 33.2. The molecule has 0 aliphatic carbocycles. The summed E-state index contributed by atoms with van der Waals surface area (Å²) in [4.78, 5) is 58.0. The number of H-pyrrole nitrogens is 1. The summed E-state index contributed by atoms with van der Waals surface area (Å²) in [5.41, 5.74) is 7.22. The number of aryl methyl sites for hydroxylation is 2. The van der Waals surface area contributed by atoms with Crippen molar-refractivity contribution in [1.82, 2.24) is 20.1 Å². The lowest BCUT2D eigenvalue weighted by molar-refractivity contribution is -0.130. The van der Waals surface area contributed by atoms with Crippen LogP contribution in [0, 0.1) is 19.3 Å². The van der Waals surface area contributed by atoms with Crippen molar-refractivity contribution in [3.8, 4) is 16.9 Å². The van der Waals surface area contributed by atoms with Crippen LogP contribution in [0.3, 0.4) is 0 Å². The zero-order valence-corrected chi connectivity index (χ0v) is 44.3. The van der Waals surface area contributed by atoms with Crippen LogP contribution in [0.4, 0.5) is 16.2 Å². The van der Waals surface area contributed by atoms with Gasteiger partial charge in [0, 0.05) is 93.2 Å². The van der Waals surface area contributed by atoms with Gasteiger partial charge in [-0.3, -0.25) is 19.7 Å². The number of carbonyl (C=O) groups excluding carboxylic acids is 3. The lowest BCUT2D eigenvalue weighted by Gasteiger charge is -2.41. The molecule has 1 fully saturated rings. The number of hydrogen-bond acceptors (Lipinski definition) is 10. The molecule has 1 aromatic heterocycles. The van der Waals surface area contributed by atoms with Gasteiger partial charge in [0.25, 0.3) is 0 Å². The van der Waals surface area contributed by atoms with E-state index in [1.54, 1.807) is 17.0 Å². The molecule has 1 aliphatic rings. The summed E-state index contributed by atoms with van der Waals surface area (Å²) in [7, 11) is 0.260. The Bertz CT molecular complexity index is 2560. The van der Waals surface area contributed by atoms with Gasteiger partial charge in [0.1, 0.15) is 18.1 Å². The van der Waals surface area contributed by atoms with Crippen LogP contribution in [0.1, 0.15) is 80.5 Å². The number of aromatic hydroxyl groups is 1. The standard InChI is InChI=1S/C53H72N6O8Si2/c1-35-32-45(36(2)31-38(35)33-54-34-43(53(3,4)51(66-68-6)67-69-7)41-20-22-46(60)50-42(41)21-23-48(62)57-50)55-47(61)19-13-14-27-58(5)49(63)26-30-59-28-24-39(25-29-59)65-52(64)56-44-18-12-11-17-40(44)37-15-9-8-10-16-37/h8-12,15-18,20-23,31-32,39,43,51,54,60H,13-14,19,24-30,33-34,68-69H2,1-7H3,(H,55,61)(H,56,64)(H,57,62). The quantitative estimate of drug-likeness (QED) is 0.0248. The second-order valence-corrected chi connectivity index (χ2v) is 20.5. The Morgan fingerprint density at radius 2 is 1.58 bits per heavy atom. The average Bonchev–Trinajstić information content (AvgIpc) is 3.33.